The summed E-state index contributed by atoms with van der Waals surface area (Å²) < 4.78 is 17.1. The highest BCUT2D eigenvalue weighted by atomic mass is 35.5. The van der Waals surface area contributed by atoms with E-state index in [-0.39, 0.29) is 6.61 Å². The molecule has 5 nitrogen and oxygen atoms in total. The van der Waals surface area contributed by atoms with Crippen LogP contribution in [0.1, 0.15) is 11.5 Å². The molecule has 3 aromatic carbocycles. The van der Waals surface area contributed by atoms with Crippen LogP contribution >= 0.6 is 11.6 Å². The van der Waals surface area contributed by atoms with Gasteiger partial charge in [-0.1, -0.05) is 48.0 Å². The van der Waals surface area contributed by atoms with Gasteiger partial charge in [0, 0.05) is 10.6 Å². The van der Waals surface area contributed by atoms with Gasteiger partial charge in [-0.3, -0.25) is 0 Å². The van der Waals surface area contributed by atoms with Crippen molar-refractivity contribution in [1.82, 2.24) is 10.2 Å². The minimum atomic E-state index is 0.178. The normalized spacial score (nSPS) is 10.6. The van der Waals surface area contributed by atoms with Crippen molar-refractivity contribution in [2.75, 3.05) is 0 Å². The lowest BCUT2D eigenvalue weighted by molar-refractivity contribution is 0.263. The summed E-state index contributed by atoms with van der Waals surface area (Å²) in [6.07, 6.45) is 0. The maximum Gasteiger partial charge on any atom is 0.254 e. The number of benzene rings is 3. The monoisotopic (exact) mass is 392 g/mol. The smallest absolute Gasteiger partial charge is 0.254 e. The molecule has 0 fully saturated rings. The average molecular weight is 393 g/mol. The highest BCUT2D eigenvalue weighted by molar-refractivity contribution is 6.30. The predicted octanol–water partition coefficient (Wildman–Crippen LogP) is 5.55. The van der Waals surface area contributed by atoms with E-state index in [1.165, 1.54) is 0 Å². The zero-order valence-electron chi connectivity index (χ0n) is 14.9. The fourth-order valence-electron chi connectivity index (χ4n) is 2.57. The number of ether oxygens (including phenoxy) is 2. The summed E-state index contributed by atoms with van der Waals surface area (Å²) in [5.41, 5.74) is 1.89. The molecule has 1 aromatic heterocycles. The van der Waals surface area contributed by atoms with Crippen LogP contribution in [0.2, 0.25) is 5.02 Å². The second-order valence-electron chi connectivity index (χ2n) is 6.05. The standard InChI is InChI=1S/C22H17ClN2O3/c23-18-8-4-7-17(13-18)22-25-24-21(28-22)15-27-20-11-9-19(10-12-20)26-14-16-5-2-1-3-6-16/h1-13H,14-15H2. The van der Waals surface area contributed by atoms with Gasteiger partial charge >= 0.3 is 0 Å². The first kappa shape index (κ1) is 18.1. The first-order valence-corrected chi connectivity index (χ1v) is 9.12. The Morgan fingerprint density at radius 2 is 1.46 bits per heavy atom. The van der Waals surface area contributed by atoms with Crippen LogP contribution in [0, 0.1) is 0 Å². The molecular weight excluding hydrogens is 376 g/mol. The highest BCUT2D eigenvalue weighted by Crippen LogP contribution is 2.23. The van der Waals surface area contributed by atoms with Crippen LogP contribution in [0.5, 0.6) is 11.5 Å². The Balaban J connectivity index is 1.31. The third kappa shape index (κ3) is 4.69. The summed E-state index contributed by atoms with van der Waals surface area (Å²) in [6, 6.07) is 24.7. The van der Waals surface area contributed by atoms with E-state index in [0.717, 1.165) is 16.9 Å². The van der Waals surface area contributed by atoms with Gasteiger partial charge in [0.05, 0.1) is 0 Å². The number of nitrogens with zero attached hydrogens (tertiary/aromatic N) is 2. The Kier molecular flexibility index (Phi) is 5.54. The van der Waals surface area contributed by atoms with Gasteiger partial charge < -0.3 is 13.9 Å². The molecule has 6 heteroatoms. The molecule has 4 rings (SSSR count). The van der Waals surface area contributed by atoms with Gasteiger partial charge in [0.1, 0.15) is 18.1 Å². The maximum atomic E-state index is 5.99. The fraction of sp³-hybridized carbons (Fsp3) is 0.0909. The van der Waals surface area contributed by atoms with Crippen molar-refractivity contribution in [3.05, 3.63) is 95.3 Å². The van der Waals surface area contributed by atoms with Crippen molar-refractivity contribution in [1.29, 1.82) is 0 Å². The van der Waals surface area contributed by atoms with Crippen molar-refractivity contribution in [2.45, 2.75) is 13.2 Å². The van der Waals surface area contributed by atoms with Crippen LogP contribution in [0.25, 0.3) is 11.5 Å². The predicted molar refractivity (Wildman–Crippen MR) is 106 cm³/mol. The molecule has 0 N–H and O–H groups in total. The van der Waals surface area contributed by atoms with Crippen LogP contribution in [0.3, 0.4) is 0 Å². The molecule has 0 amide bonds. The average Bonchev–Trinajstić information content (AvgIpc) is 3.21. The molecule has 0 unspecified atom stereocenters. The molecule has 0 radical (unpaired) electrons. The van der Waals surface area contributed by atoms with E-state index in [9.17, 15) is 0 Å². The summed E-state index contributed by atoms with van der Waals surface area (Å²) >= 11 is 5.99. The van der Waals surface area contributed by atoms with Gasteiger partial charge in [-0.25, -0.2) is 0 Å². The number of rotatable bonds is 7. The third-order valence-corrected chi connectivity index (χ3v) is 4.21. The fourth-order valence-corrected chi connectivity index (χ4v) is 2.76. The van der Waals surface area contributed by atoms with Crippen molar-refractivity contribution < 1.29 is 13.9 Å². The number of hydrogen-bond acceptors (Lipinski definition) is 5. The molecule has 0 saturated carbocycles. The van der Waals surface area contributed by atoms with Crippen molar-refractivity contribution in [3.63, 3.8) is 0 Å². The zero-order chi connectivity index (χ0) is 19.2. The quantitative estimate of drug-likeness (QED) is 0.412. The molecule has 1 heterocycles. The molecule has 0 aliphatic carbocycles. The summed E-state index contributed by atoms with van der Waals surface area (Å²) in [6.45, 7) is 0.701. The molecule has 0 atom stereocenters. The van der Waals surface area contributed by atoms with Gasteiger partial charge in [0.2, 0.25) is 5.89 Å². The molecular formula is C22H17ClN2O3. The second kappa shape index (κ2) is 8.59. The Bertz CT molecular complexity index is 1030. The van der Waals surface area contributed by atoms with Crippen molar-refractivity contribution >= 4 is 11.6 Å². The first-order valence-electron chi connectivity index (χ1n) is 8.74. The molecule has 4 aromatic rings. The lowest BCUT2D eigenvalue weighted by Crippen LogP contribution is -1.97. The molecule has 0 spiro atoms. The molecule has 0 saturated heterocycles. The van der Waals surface area contributed by atoms with E-state index in [0.29, 0.717) is 29.2 Å². The van der Waals surface area contributed by atoms with E-state index in [2.05, 4.69) is 10.2 Å². The number of hydrogen-bond donors (Lipinski definition) is 0. The van der Waals surface area contributed by atoms with Crippen LogP contribution < -0.4 is 9.47 Å². The SMILES string of the molecule is Clc1cccc(-c2nnc(COc3ccc(OCc4ccccc4)cc3)o2)c1. The van der Waals surface area contributed by atoms with Crippen LogP contribution in [-0.2, 0) is 13.2 Å². The number of halogens is 1. The third-order valence-electron chi connectivity index (χ3n) is 3.97. The Morgan fingerprint density at radius 3 is 2.18 bits per heavy atom. The van der Waals surface area contributed by atoms with E-state index >= 15 is 0 Å². The Morgan fingerprint density at radius 1 is 0.750 bits per heavy atom. The van der Waals surface area contributed by atoms with Gasteiger partial charge in [-0.2, -0.15) is 0 Å². The topological polar surface area (TPSA) is 57.4 Å². The summed E-state index contributed by atoms with van der Waals surface area (Å²) in [5.74, 6) is 2.26. The van der Waals surface area contributed by atoms with Gasteiger partial charge in [0.25, 0.3) is 5.89 Å². The maximum absolute atomic E-state index is 5.99. The van der Waals surface area contributed by atoms with Crippen LogP contribution in [0.4, 0.5) is 0 Å². The van der Waals surface area contributed by atoms with Gasteiger partial charge in [0.15, 0.2) is 6.61 Å². The van der Waals surface area contributed by atoms with E-state index in [1.807, 2.05) is 66.7 Å². The zero-order valence-corrected chi connectivity index (χ0v) is 15.7. The molecule has 0 aliphatic rings. The second-order valence-corrected chi connectivity index (χ2v) is 6.48. The summed E-state index contributed by atoms with van der Waals surface area (Å²) in [5, 5.41) is 8.65. The largest absolute Gasteiger partial charge is 0.489 e. The van der Waals surface area contributed by atoms with E-state index in [1.54, 1.807) is 12.1 Å². The van der Waals surface area contributed by atoms with Crippen molar-refractivity contribution in [3.8, 4) is 23.0 Å². The Hall–Kier alpha value is -3.31. The van der Waals surface area contributed by atoms with Gasteiger partial charge in [-0.15, -0.1) is 10.2 Å². The lowest BCUT2D eigenvalue weighted by Gasteiger charge is -2.08. The number of aromatic nitrogens is 2. The molecule has 0 bridgehead atoms. The lowest BCUT2D eigenvalue weighted by atomic mass is 10.2. The minimum absolute atomic E-state index is 0.178. The molecule has 0 aliphatic heterocycles. The van der Waals surface area contributed by atoms with E-state index < -0.39 is 0 Å². The highest BCUT2D eigenvalue weighted by Gasteiger charge is 2.09. The molecule has 140 valence electrons. The van der Waals surface area contributed by atoms with Crippen LogP contribution in [0.15, 0.2) is 83.3 Å². The van der Waals surface area contributed by atoms with Crippen molar-refractivity contribution in [2.24, 2.45) is 0 Å². The van der Waals surface area contributed by atoms with Gasteiger partial charge in [-0.05, 0) is 48.0 Å². The minimum Gasteiger partial charge on any atom is -0.489 e. The summed E-state index contributed by atoms with van der Waals surface area (Å²) in [4.78, 5) is 0. The molecule has 28 heavy (non-hydrogen) atoms. The summed E-state index contributed by atoms with van der Waals surface area (Å²) in [7, 11) is 0. The first-order chi connectivity index (χ1) is 13.8. The van der Waals surface area contributed by atoms with E-state index in [4.69, 9.17) is 25.5 Å². The van der Waals surface area contributed by atoms with Crippen LogP contribution in [-0.4, -0.2) is 10.2 Å². The Labute approximate surface area is 167 Å².